The summed E-state index contributed by atoms with van der Waals surface area (Å²) in [7, 11) is 0. The van der Waals surface area contributed by atoms with Crippen molar-refractivity contribution in [3.8, 4) is 11.4 Å². The Morgan fingerprint density at radius 2 is 2.26 bits per heavy atom. The molecule has 1 fully saturated rings. The van der Waals surface area contributed by atoms with Gasteiger partial charge in [-0.05, 0) is 25.0 Å². The van der Waals surface area contributed by atoms with Crippen molar-refractivity contribution in [2.24, 2.45) is 0 Å². The number of benzene rings is 1. The Bertz CT molecular complexity index is 668. The van der Waals surface area contributed by atoms with E-state index in [1.807, 2.05) is 18.2 Å². The minimum Gasteiger partial charge on any atom is -0.376 e. The smallest absolute Gasteiger partial charge is 0.227 e. The number of nitrogens with zero attached hydrogens (tertiary/aromatic N) is 2. The maximum atomic E-state index is 11.8. The molecule has 1 aromatic heterocycles. The maximum Gasteiger partial charge on any atom is 0.227 e. The SMILES string of the molecule is O=C(CCc1nc(-c2ccccc2Cl)no1)NC[C@H]1CCCO1. The normalized spacial score (nSPS) is 17.3. The zero-order valence-electron chi connectivity index (χ0n) is 12.6. The van der Waals surface area contributed by atoms with Crippen LogP contribution in [0.4, 0.5) is 0 Å². The molecule has 1 atom stereocenters. The average Bonchev–Trinajstić information content (AvgIpc) is 3.23. The lowest BCUT2D eigenvalue weighted by Crippen LogP contribution is -2.31. The van der Waals surface area contributed by atoms with Gasteiger partial charge in [-0.15, -0.1) is 0 Å². The molecule has 0 bridgehead atoms. The third-order valence-corrected chi connectivity index (χ3v) is 4.03. The number of hydrogen-bond acceptors (Lipinski definition) is 5. The zero-order valence-corrected chi connectivity index (χ0v) is 13.4. The highest BCUT2D eigenvalue weighted by Gasteiger charge is 2.17. The molecule has 23 heavy (non-hydrogen) atoms. The molecule has 122 valence electrons. The minimum atomic E-state index is -0.0435. The van der Waals surface area contributed by atoms with Crippen LogP contribution in [0, 0.1) is 0 Å². The van der Waals surface area contributed by atoms with Crippen LogP contribution in [0.1, 0.15) is 25.2 Å². The molecule has 1 saturated heterocycles. The van der Waals surface area contributed by atoms with Crippen molar-refractivity contribution in [2.45, 2.75) is 31.8 Å². The van der Waals surface area contributed by atoms with Crippen molar-refractivity contribution in [3.05, 3.63) is 35.2 Å². The molecule has 0 spiro atoms. The number of ether oxygens (including phenoxy) is 1. The van der Waals surface area contributed by atoms with Crippen molar-refractivity contribution >= 4 is 17.5 Å². The van der Waals surface area contributed by atoms with Crippen LogP contribution in [-0.4, -0.2) is 35.3 Å². The summed E-state index contributed by atoms with van der Waals surface area (Å²) in [5, 5.41) is 7.34. The van der Waals surface area contributed by atoms with Gasteiger partial charge in [-0.2, -0.15) is 4.98 Å². The van der Waals surface area contributed by atoms with E-state index >= 15 is 0 Å². The number of amides is 1. The summed E-state index contributed by atoms with van der Waals surface area (Å²) in [4.78, 5) is 16.1. The van der Waals surface area contributed by atoms with E-state index in [-0.39, 0.29) is 12.0 Å². The molecule has 1 N–H and O–H groups in total. The summed E-state index contributed by atoms with van der Waals surface area (Å²) in [5.74, 6) is 0.815. The van der Waals surface area contributed by atoms with Gasteiger partial charge in [0, 0.05) is 31.6 Å². The first kappa shape index (κ1) is 16.0. The van der Waals surface area contributed by atoms with E-state index in [4.69, 9.17) is 20.9 Å². The molecule has 0 unspecified atom stereocenters. The van der Waals surface area contributed by atoms with Gasteiger partial charge in [-0.25, -0.2) is 0 Å². The van der Waals surface area contributed by atoms with Crippen LogP contribution in [0.25, 0.3) is 11.4 Å². The van der Waals surface area contributed by atoms with Crippen LogP contribution in [0.2, 0.25) is 5.02 Å². The van der Waals surface area contributed by atoms with E-state index in [1.165, 1.54) is 0 Å². The largest absolute Gasteiger partial charge is 0.376 e. The van der Waals surface area contributed by atoms with Crippen molar-refractivity contribution in [1.29, 1.82) is 0 Å². The van der Waals surface area contributed by atoms with Gasteiger partial charge in [0.15, 0.2) is 0 Å². The van der Waals surface area contributed by atoms with Gasteiger partial charge in [0.1, 0.15) is 0 Å². The molecule has 1 aliphatic rings. The average molecular weight is 336 g/mol. The fourth-order valence-electron chi connectivity index (χ4n) is 2.45. The van der Waals surface area contributed by atoms with Crippen LogP contribution in [-0.2, 0) is 16.0 Å². The summed E-state index contributed by atoms with van der Waals surface area (Å²) >= 11 is 6.10. The number of nitrogens with one attached hydrogen (secondary N) is 1. The molecule has 3 rings (SSSR count). The molecule has 7 heteroatoms. The first-order valence-electron chi connectivity index (χ1n) is 7.68. The van der Waals surface area contributed by atoms with Crippen molar-refractivity contribution in [3.63, 3.8) is 0 Å². The number of halogens is 1. The first-order valence-corrected chi connectivity index (χ1v) is 8.06. The molecule has 1 aliphatic heterocycles. The summed E-state index contributed by atoms with van der Waals surface area (Å²) in [6.07, 6.45) is 2.92. The predicted molar refractivity (Wildman–Crippen MR) is 85.0 cm³/mol. The van der Waals surface area contributed by atoms with Crippen molar-refractivity contribution < 1.29 is 14.1 Å². The highest BCUT2D eigenvalue weighted by Crippen LogP contribution is 2.24. The number of carbonyl (C=O) groups excluding carboxylic acids is 1. The van der Waals surface area contributed by atoms with Crippen LogP contribution in [0.5, 0.6) is 0 Å². The molecular weight excluding hydrogens is 318 g/mol. The highest BCUT2D eigenvalue weighted by molar-refractivity contribution is 6.33. The molecule has 6 nitrogen and oxygen atoms in total. The van der Waals surface area contributed by atoms with Crippen LogP contribution in [0.15, 0.2) is 28.8 Å². The van der Waals surface area contributed by atoms with E-state index in [0.717, 1.165) is 19.4 Å². The van der Waals surface area contributed by atoms with Gasteiger partial charge in [0.25, 0.3) is 0 Å². The molecule has 2 aromatic rings. The number of aryl methyl sites for hydroxylation is 1. The lowest BCUT2D eigenvalue weighted by molar-refractivity contribution is -0.121. The van der Waals surface area contributed by atoms with Gasteiger partial charge in [0.2, 0.25) is 17.6 Å². The second-order valence-corrected chi connectivity index (χ2v) is 5.84. The van der Waals surface area contributed by atoms with Gasteiger partial charge >= 0.3 is 0 Å². The van der Waals surface area contributed by atoms with E-state index in [1.54, 1.807) is 6.07 Å². The first-order chi connectivity index (χ1) is 11.2. The van der Waals surface area contributed by atoms with Crippen LogP contribution in [0.3, 0.4) is 0 Å². The number of carbonyl (C=O) groups is 1. The predicted octanol–water partition coefficient (Wildman–Crippen LogP) is 2.62. The second kappa shape index (κ2) is 7.57. The Balaban J connectivity index is 1.49. The number of hydrogen-bond donors (Lipinski definition) is 1. The summed E-state index contributed by atoms with van der Waals surface area (Å²) in [5.41, 5.74) is 0.715. The molecule has 0 saturated carbocycles. The van der Waals surface area contributed by atoms with Gasteiger partial charge in [-0.1, -0.05) is 28.9 Å². The lowest BCUT2D eigenvalue weighted by Gasteiger charge is -2.09. The quantitative estimate of drug-likeness (QED) is 0.878. The van der Waals surface area contributed by atoms with E-state index in [2.05, 4.69) is 15.5 Å². The Morgan fingerprint density at radius 3 is 3.04 bits per heavy atom. The Hall–Kier alpha value is -1.92. The molecular formula is C16H18ClN3O3. The third-order valence-electron chi connectivity index (χ3n) is 3.70. The lowest BCUT2D eigenvalue weighted by atomic mass is 10.2. The van der Waals surface area contributed by atoms with Crippen molar-refractivity contribution in [2.75, 3.05) is 13.2 Å². The minimum absolute atomic E-state index is 0.0435. The van der Waals surface area contributed by atoms with E-state index < -0.39 is 0 Å². The number of aromatic nitrogens is 2. The molecule has 0 aliphatic carbocycles. The fourth-order valence-corrected chi connectivity index (χ4v) is 2.67. The van der Waals surface area contributed by atoms with E-state index in [9.17, 15) is 4.79 Å². The second-order valence-electron chi connectivity index (χ2n) is 5.43. The molecule has 2 heterocycles. The molecule has 0 radical (unpaired) electrons. The topological polar surface area (TPSA) is 77.2 Å². The van der Waals surface area contributed by atoms with Gasteiger partial charge < -0.3 is 14.6 Å². The summed E-state index contributed by atoms with van der Waals surface area (Å²) < 4.78 is 10.6. The highest BCUT2D eigenvalue weighted by atomic mass is 35.5. The fraction of sp³-hybridized carbons (Fsp3) is 0.438. The maximum absolute atomic E-state index is 11.8. The zero-order chi connectivity index (χ0) is 16.1. The van der Waals surface area contributed by atoms with Crippen molar-refractivity contribution in [1.82, 2.24) is 15.5 Å². The van der Waals surface area contributed by atoms with Gasteiger partial charge in [-0.3, -0.25) is 4.79 Å². The Kier molecular flexibility index (Phi) is 5.25. The molecule has 1 aromatic carbocycles. The Morgan fingerprint density at radius 1 is 1.39 bits per heavy atom. The number of rotatable bonds is 6. The summed E-state index contributed by atoms with van der Waals surface area (Å²) in [6.45, 7) is 1.35. The third kappa shape index (κ3) is 4.30. The van der Waals surface area contributed by atoms with Gasteiger partial charge in [0.05, 0.1) is 11.1 Å². The Labute approximate surface area is 139 Å². The monoisotopic (exact) mass is 335 g/mol. The van der Waals surface area contributed by atoms with Crippen LogP contribution < -0.4 is 5.32 Å². The summed E-state index contributed by atoms with van der Waals surface area (Å²) in [6, 6.07) is 7.29. The van der Waals surface area contributed by atoms with Crippen LogP contribution >= 0.6 is 11.6 Å². The van der Waals surface area contributed by atoms with E-state index in [0.29, 0.717) is 41.7 Å². The standard InChI is InChI=1S/C16H18ClN3O3/c17-13-6-2-1-5-12(13)16-19-15(23-20-16)8-7-14(21)18-10-11-4-3-9-22-11/h1-2,5-6,11H,3-4,7-10H2,(H,18,21)/t11-/m1/s1. The molecule has 1 amide bonds.